The Balaban J connectivity index is 2.05. The van der Waals surface area contributed by atoms with Crippen LogP contribution in [0.3, 0.4) is 0 Å². The molecule has 0 radical (unpaired) electrons. The summed E-state index contributed by atoms with van der Waals surface area (Å²) >= 11 is 0. The number of aryl methyl sites for hydroxylation is 1. The molecule has 17 heavy (non-hydrogen) atoms. The highest BCUT2D eigenvalue weighted by Gasteiger charge is 2.25. The van der Waals surface area contributed by atoms with Crippen LogP contribution in [-0.2, 0) is 9.53 Å². The van der Waals surface area contributed by atoms with E-state index in [0.29, 0.717) is 13.2 Å². The molecule has 1 aliphatic rings. The van der Waals surface area contributed by atoms with E-state index in [1.165, 1.54) is 5.56 Å². The molecule has 0 bridgehead atoms. The molecule has 1 amide bonds. The van der Waals surface area contributed by atoms with Crippen LogP contribution in [0.1, 0.15) is 5.56 Å². The molecular weight excluding hydrogens is 216 g/mol. The lowest BCUT2D eigenvalue weighted by atomic mass is 10.2. The number of ether oxygens (including phenoxy) is 1. The van der Waals surface area contributed by atoms with Crippen LogP contribution in [-0.4, -0.2) is 38.8 Å². The number of amides is 1. The van der Waals surface area contributed by atoms with E-state index < -0.39 is 0 Å². The number of nitrogens with zero attached hydrogens (tertiary/aromatic N) is 1. The average Bonchev–Trinajstić information content (AvgIpc) is 2.39. The van der Waals surface area contributed by atoms with Crippen molar-refractivity contribution in [1.82, 2.24) is 5.32 Å². The summed E-state index contributed by atoms with van der Waals surface area (Å²) < 4.78 is 5.45. The van der Waals surface area contributed by atoms with Gasteiger partial charge in [0.2, 0.25) is 0 Å². The fraction of sp³-hybridized carbons (Fsp3) is 0.462. The Bertz CT molecular complexity index is 383. The molecule has 0 saturated carbocycles. The molecule has 4 heteroatoms. The SMILES string of the molecule is Cc1ccc(N(C)C(=O)C2CNCCO2)cc1. The van der Waals surface area contributed by atoms with Crippen LogP contribution in [0, 0.1) is 6.92 Å². The van der Waals surface area contributed by atoms with Crippen LogP contribution < -0.4 is 10.2 Å². The molecule has 1 heterocycles. The number of nitrogens with one attached hydrogen (secondary N) is 1. The molecule has 0 spiro atoms. The predicted octanol–water partition coefficient (Wildman–Crippen LogP) is 0.946. The van der Waals surface area contributed by atoms with Crippen molar-refractivity contribution >= 4 is 11.6 Å². The zero-order valence-electron chi connectivity index (χ0n) is 10.3. The number of rotatable bonds is 2. The summed E-state index contributed by atoms with van der Waals surface area (Å²) in [6, 6.07) is 7.89. The van der Waals surface area contributed by atoms with Gasteiger partial charge < -0.3 is 15.0 Å². The highest BCUT2D eigenvalue weighted by molar-refractivity contribution is 5.96. The highest BCUT2D eigenvalue weighted by atomic mass is 16.5. The van der Waals surface area contributed by atoms with Gasteiger partial charge in [-0.2, -0.15) is 0 Å². The summed E-state index contributed by atoms with van der Waals surface area (Å²) in [5, 5.41) is 3.16. The first-order valence-electron chi connectivity index (χ1n) is 5.85. The Morgan fingerprint density at radius 1 is 1.41 bits per heavy atom. The third-order valence-electron chi connectivity index (χ3n) is 2.95. The quantitative estimate of drug-likeness (QED) is 0.828. The summed E-state index contributed by atoms with van der Waals surface area (Å²) in [5.41, 5.74) is 2.08. The van der Waals surface area contributed by atoms with Crippen LogP contribution in [0.5, 0.6) is 0 Å². The minimum Gasteiger partial charge on any atom is -0.366 e. The van der Waals surface area contributed by atoms with Gasteiger partial charge in [-0.25, -0.2) is 0 Å². The van der Waals surface area contributed by atoms with Crippen LogP contribution in [0.25, 0.3) is 0 Å². The largest absolute Gasteiger partial charge is 0.366 e. The minimum atomic E-state index is -0.366. The van der Waals surface area contributed by atoms with Crippen molar-refractivity contribution < 1.29 is 9.53 Å². The summed E-state index contributed by atoms with van der Waals surface area (Å²) in [7, 11) is 1.78. The zero-order chi connectivity index (χ0) is 12.3. The molecule has 1 saturated heterocycles. The first-order valence-corrected chi connectivity index (χ1v) is 5.85. The Morgan fingerprint density at radius 3 is 2.71 bits per heavy atom. The monoisotopic (exact) mass is 234 g/mol. The van der Waals surface area contributed by atoms with E-state index in [1.54, 1.807) is 11.9 Å². The molecule has 1 aliphatic heterocycles. The number of carbonyl (C=O) groups is 1. The van der Waals surface area contributed by atoms with E-state index in [0.717, 1.165) is 12.2 Å². The normalized spacial score (nSPS) is 20.0. The fourth-order valence-electron chi connectivity index (χ4n) is 1.84. The van der Waals surface area contributed by atoms with Gasteiger partial charge in [0.25, 0.3) is 5.91 Å². The molecular formula is C13H18N2O2. The highest BCUT2D eigenvalue weighted by Crippen LogP contribution is 2.15. The van der Waals surface area contributed by atoms with E-state index in [9.17, 15) is 4.79 Å². The first kappa shape index (κ1) is 12.1. The number of benzene rings is 1. The van der Waals surface area contributed by atoms with Crippen molar-refractivity contribution in [3.63, 3.8) is 0 Å². The van der Waals surface area contributed by atoms with E-state index in [4.69, 9.17) is 4.74 Å². The second kappa shape index (κ2) is 5.29. The molecule has 1 N–H and O–H groups in total. The van der Waals surface area contributed by atoms with E-state index in [2.05, 4.69) is 5.32 Å². The van der Waals surface area contributed by atoms with Crippen LogP contribution in [0.2, 0.25) is 0 Å². The maximum Gasteiger partial charge on any atom is 0.257 e. The number of morpholine rings is 1. The van der Waals surface area contributed by atoms with Gasteiger partial charge in [0.15, 0.2) is 0 Å². The third-order valence-corrected chi connectivity index (χ3v) is 2.95. The van der Waals surface area contributed by atoms with Gasteiger partial charge in [-0.05, 0) is 19.1 Å². The summed E-state index contributed by atoms with van der Waals surface area (Å²) in [5.74, 6) is 0.000975. The summed E-state index contributed by atoms with van der Waals surface area (Å²) in [6.07, 6.45) is -0.366. The van der Waals surface area contributed by atoms with Crippen LogP contribution in [0.4, 0.5) is 5.69 Å². The van der Waals surface area contributed by atoms with Gasteiger partial charge in [-0.1, -0.05) is 17.7 Å². The smallest absolute Gasteiger partial charge is 0.257 e. The molecule has 1 atom stereocenters. The number of carbonyl (C=O) groups excluding carboxylic acids is 1. The van der Waals surface area contributed by atoms with Crippen LogP contribution >= 0.6 is 0 Å². The van der Waals surface area contributed by atoms with Gasteiger partial charge in [-0.3, -0.25) is 4.79 Å². The molecule has 1 aromatic carbocycles. The zero-order valence-corrected chi connectivity index (χ0v) is 10.3. The van der Waals surface area contributed by atoms with Gasteiger partial charge in [0.1, 0.15) is 6.10 Å². The number of anilines is 1. The second-order valence-corrected chi connectivity index (χ2v) is 4.30. The van der Waals surface area contributed by atoms with Crippen molar-refractivity contribution in [2.75, 3.05) is 31.6 Å². The van der Waals surface area contributed by atoms with Gasteiger partial charge in [-0.15, -0.1) is 0 Å². The van der Waals surface area contributed by atoms with E-state index in [-0.39, 0.29) is 12.0 Å². The minimum absolute atomic E-state index is 0.000975. The molecule has 1 aromatic rings. The maximum absolute atomic E-state index is 12.1. The summed E-state index contributed by atoms with van der Waals surface area (Å²) in [6.45, 7) is 4.03. The Morgan fingerprint density at radius 2 is 2.12 bits per heavy atom. The van der Waals surface area contributed by atoms with Gasteiger partial charge in [0.05, 0.1) is 6.61 Å². The predicted molar refractivity (Wildman–Crippen MR) is 67.2 cm³/mol. The Labute approximate surface area is 102 Å². The molecule has 1 fully saturated rings. The van der Waals surface area contributed by atoms with Crippen molar-refractivity contribution in [3.8, 4) is 0 Å². The summed E-state index contributed by atoms with van der Waals surface area (Å²) in [4.78, 5) is 13.8. The average molecular weight is 234 g/mol. The van der Waals surface area contributed by atoms with Crippen molar-refractivity contribution in [1.29, 1.82) is 0 Å². The molecule has 0 aromatic heterocycles. The molecule has 92 valence electrons. The molecule has 0 aliphatic carbocycles. The van der Waals surface area contributed by atoms with Gasteiger partial charge in [0, 0.05) is 25.8 Å². The van der Waals surface area contributed by atoms with Crippen LogP contribution in [0.15, 0.2) is 24.3 Å². The lowest BCUT2D eigenvalue weighted by Gasteiger charge is -2.27. The van der Waals surface area contributed by atoms with Gasteiger partial charge >= 0.3 is 0 Å². The lowest BCUT2D eigenvalue weighted by molar-refractivity contribution is -0.131. The van der Waals surface area contributed by atoms with E-state index >= 15 is 0 Å². The van der Waals surface area contributed by atoms with Crippen molar-refractivity contribution in [3.05, 3.63) is 29.8 Å². The maximum atomic E-state index is 12.1. The molecule has 4 nitrogen and oxygen atoms in total. The Hall–Kier alpha value is -1.39. The molecule has 1 unspecified atom stereocenters. The topological polar surface area (TPSA) is 41.6 Å². The third kappa shape index (κ3) is 2.84. The number of hydrogen-bond acceptors (Lipinski definition) is 3. The standard InChI is InChI=1S/C13H18N2O2/c1-10-3-5-11(6-4-10)15(2)13(16)12-9-14-7-8-17-12/h3-6,12,14H,7-9H2,1-2H3. The number of likely N-dealkylation sites (N-methyl/N-ethyl adjacent to an activating group) is 1. The van der Waals surface area contributed by atoms with Crippen molar-refractivity contribution in [2.24, 2.45) is 0 Å². The first-order chi connectivity index (χ1) is 8.18. The fourth-order valence-corrected chi connectivity index (χ4v) is 1.84. The second-order valence-electron chi connectivity index (χ2n) is 4.30. The lowest BCUT2D eigenvalue weighted by Crippen LogP contribution is -2.48. The van der Waals surface area contributed by atoms with Crippen molar-refractivity contribution in [2.45, 2.75) is 13.0 Å². The van der Waals surface area contributed by atoms with E-state index in [1.807, 2.05) is 31.2 Å². The molecule has 2 rings (SSSR count). The Kier molecular flexibility index (Phi) is 3.76. The number of hydrogen-bond donors (Lipinski definition) is 1.